The summed E-state index contributed by atoms with van der Waals surface area (Å²) >= 11 is 0. The van der Waals surface area contributed by atoms with Gasteiger partial charge >= 0.3 is 0 Å². The smallest absolute Gasteiger partial charge is 0.137 e. The van der Waals surface area contributed by atoms with E-state index in [0.717, 1.165) is 36.8 Å². The maximum absolute atomic E-state index is 15.6. The minimum atomic E-state index is -0.710. The molecule has 0 spiro atoms. The maximum Gasteiger partial charge on any atom is 0.137 e. The molecule has 0 radical (unpaired) electrons. The van der Waals surface area contributed by atoms with Crippen molar-refractivity contribution in [2.45, 2.75) is 33.3 Å². The number of nitrogens with zero attached hydrogens (tertiary/aromatic N) is 4. The molecule has 6 rings (SSSR count). The van der Waals surface area contributed by atoms with Gasteiger partial charge in [0.25, 0.3) is 0 Å². The van der Waals surface area contributed by atoms with Crippen molar-refractivity contribution in [1.29, 1.82) is 0 Å². The van der Waals surface area contributed by atoms with Crippen LogP contribution in [0.15, 0.2) is 73.1 Å². The largest absolute Gasteiger partial charge is 0.496 e. The molecule has 0 aliphatic carbocycles. The molecular weight excluding hydrogens is 560 g/mol. The van der Waals surface area contributed by atoms with Crippen LogP contribution in [0.3, 0.4) is 0 Å². The Hall–Kier alpha value is -4.63. The predicted octanol–water partition coefficient (Wildman–Crippen LogP) is 7.95. The number of pyridine rings is 3. The van der Waals surface area contributed by atoms with Crippen molar-refractivity contribution in [2.24, 2.45) is 5.92 Å². The zero-order chi connectivity index (χ0) is 30.8. The molecular formula is C35H35F2N5O2. The van der Waals surface area contributed by atoms with Gasteiger partial charge in [-0.1, -0.05) is 32.0 Å². The van der Waals surface area contributed by atoms with Crippen molar-refractivity contribution >= 4 is 28.0 Å². The van der Waals surface area contributed by atoms with Crippen molar-refractivity contribution in [3.63, 3.8) is 0 Å². The van der Waals surface area contributed by atoms with Gasteiger partial charge in [-0.05, 0) is 49.6 Å². The van der Waals surface area contributed by atoms with Gasteiger partial charge in [0.1, 0.15) is 17.4 Å². The summed E-state index contributed by atoms with van der Waals surface area (Å²) in [7, 11) is 1.62. The first-order chi connectivity index (χ1) is 21.3. The van der Waals surface area contributed by atoms with E-state index in [4.69, 9.17) is 14.5 Å². The van der Waals surface area contributed by atoms with Gasteiger partial charge in [0.15, 0.2) is 0 Å². The summed E-state index contributed by atoms with van der Waals surface area (Å²) < 4.78 is 41.8. The first kappa shape index (κ1) is 29.4. The molecule has 1 N–H and O–H groups in total. The standard InChI is InChI=1S/C35H35F2N5O2/c1-21(2)15-25-20-42(13-14-44-25)24-18-30(35(39-19-24)26-9-5-6-11-31(26)43-4)41-34-22(3)33(28-10-7-8-12-38-28)40-29-17-23(36)16-27(37)32(29)34/h5-12,16-19,21,25H,13-15,20H2,1-4H3,(H,40,41). The molecule has 4 heterocycles. The Bertz CT molecular complexity index is 1800. The molecule has 2 aromatic carbocycles. The number of hydrogen-bond donors (Lipinski definition) is 1. The number of anilines is 3. The van der Waals surface area contributed by atoms with E-state index in [9.17, 15) is 4.39 Å². The highest BCUT2D eigenvalue weighted by Crippen LogP contribution is 2.41. The SMILES string of the molecule is COc1ccccc1-c1ncc(N2CCOC(CC(C)C)C2)cc1Nc1c(C)c(-c2ccccn2)nc2cc(F)cc(F)c12. The molecule has 1 fully saturated rings. The molecule has 1 aliphatic heterocycles. The number of morpholine rings is 1. The Morgan fingerprint density at radius 3 is 2.64 bits per heavy atom. The van der Waals surface area contributed by atoms with Crippen molar-refractivity contribution in [2.75, 3.05) is 37.0 Å². The molecule has 1 unspecified atom stereocenters. The summed E-state index contributed by atoms with van der Waals surface area (Å²) in [5.41, 5.74) is 5.40. The summed E-state index contributed by atoms with van der Waals surface area (Å²) in [6.45, 7) is 8.33. The second-order valence-electron chi connectivity index (χ2n) is 11.4. The third-order valence-electron chi connectivity index (χ3n) is 7.89. The number of nitrogens with one attached hydrogen (secondary N) is 1. The second-order valence-corrected chi connectivity index (χ2v) is 11.4. The fourth-order valence-corrected chi connectivity index (χ4v) is 5.85. The zero-order valence-corrected chi connectivity index (χ0v) is 25.3. The topological polar surface area (TPSA) is 72.4 Å². The van der Waals surface area contributed by atoms with Crippen LogP contribution in [0.2, 0.25) is 0 Å². The number of ether oxygens (including phenoxy) is 2. The second kappa shape index (κ2) is 12.5. The van der Waals surface area contributed by atoms with Crippen LogP contribution in [-0.2, 0) is 4.74 Å². The van der Waals surface area contributed by atoms with Gasteiger partial charge in [-0.25, -0.2) is 13.8 Å². The van der Waals surface area contributed by atoms with E-state index in [-0.39, 0.29) is 17.0 Å². The van der Waals surface area contributed by atoms with Crippen LogP contribution in [0.4, 0.5) is 25.8 Å². The molecule has 0 amide bonds. The van der Waals surface area contributed by atoms with Crippen LogP contribution in [0.1, 0.15) is 25.8 Å². The number of benzene rings is 2. The monoisotopic (exact) mass is 595 g/mol. The van der Waals surface area contributed by atoms with Gasteiger partial charge < -0.3 is 19.7 Å². The molecule has 44 heavy (non-hydrogen) atoms. The maximum atomic E-state index is 15.6. The number of hydrogen-bond acceptors (Lipinski definition) is 7. The van der Waals surface area contributed by atoms with Crippen LogP contribution in [0, 0.1) is 24.5 Å². The van der Waals surface area contributed by atoms with Crippen LogP contribution in [0.5, 0.6) is 5.75 Å². The van der Waals surface area contributed by atoms with E-state index < -0.39 is 11.6 Å². The fraction of sp³-hybridized carbons (Fsp3) is 0.286. The molecule has 9 heteroatoms. The van der Waals surface area contributed by atoms with Gasteiger partial charge in [-0.2, -0.15) is 0 Å². The van der Waals surface area contributed by atoms with Crippen LogP contribution < -0.4 is 15.0 Å². The highest BCUT2D eigenvalue weighted by molar-refractivity contribution is 5.99. The Morgan fingerprint density at radius 1 is 1.05 bits per heavy atom. The number of rotatable bonds is 8. The van der Waals surface area contributed by atoms with Crippen molar-refractivity contribution in [1.82, 2.24) is 15.0 Å². The Morgan fingerprint density at radius 2 is 1.86 bits per heavy atom. The molecule has 0 saturated carbocycles. The minimum Gasteiger partial charge on any atom is -0.496 e. The molecule has 0 bridgehead atoms. The molecule has 1 aliphatic rings. The average Bonchev–Trinajstić information content (AvgIpc) is 3.02. The lowest BCUT2D eigenvalue weighted by atomic mass is 10.0. The molecule has 1 atom stereocenters. The third-order valence-corrected chi connectivity index (χ3v) is 7.89. The van der Waals surface area contributed by atoms with E-state index in [0.29, 0.717) is 52.3 Å². The van der Waals surface area contributed by atoms with Crippen LogP contribution in [0.25, 0.3) is 33.5 Å². The van der Waals surface area contributed by atoms with Gasteiger partial charge in [-0.15, -0.1) is 0 Å². The highest BCUT2D eigenvalue weighted by Gasteiger charge is 2.25. The lowest BCUT2D eigenvalue weighted by Crippen LogP contribution is -2.43. The molecule has 5 aromatic rings. The van der Waals surface area contributed by atoms with Crippen LogP contribution in [-0.4, -0.2) is 47.9 Å². The predicted molar refractivity (Wildman–Crippen MR) is 171 cm³/mol. The normalized spacial score (nSPS) is 15.2. The van der Waals surface area contributed by atoms with Crippen molar-refractivity contribution < 1.29 is 18.3 Å². The fourth-order valence-electron chi connectivity index (χ4n) is 5.85. The molecule has 3 aromatic heterocycles. The van der Waals surface area contributed by atoms with Crippen LogP contribution >= 0.6 is 0 Å². The van der Waals surface area contributed by atoms with E-state index in [1.54, 1.807) is 13.3 Å². The Labute approximate surface area is 255 Å². The third kappa shape index (κ3) is 5.92. The van der Waals surface area contributed by atoms with Gasteiger partial charge in [-0.3, -0.25) is 9.97 Å². The van der Waals surface area contributed by atoms with Crippen molar-refractivity contribution in [3.8, 4) is 28.4 Å². The summed E-state index contributed by atoms with van der Waals surface area (Å²) in [5.74, 6) is -0.249. The van der Waals surface area contributed by atoms with E-state index in [1.807, 2.05) is 61.7 Å². The molecule has 7 nitrogen and oxygen atoms in total. The minimum absolute atomic E-state index is 0.116. The first-order valence-electron chi connectivity index (χ1n) is 14.8. The summed E-state index contributed by atoms with van der Waals surface area (Å²) in [6.07, 6.45) is 4.60. The number of para-hydroxylation sites is 1. The first-order valence-corrected chi connectivity index (χ1v) is 14.8. The summed E-state index contributed by atoms with van der Waals surface area (Å²) in [5, 5.41) is 3.70. The van der Waals surface area contributed by atoms with Gasteiger partial charge in [0.2, 0.25) is 0 Å². The average molecular weight is 596 g/mol. The zero-order valence-electron chi connectivity index (χ0n) is 25.3. The van der Waals surface area contributed by atoms with E-state index in [2.05, 4.69) is 34.0 Å². The quantitative estimate of drug-likeness (QED) is 0.195. The number of methoxy groups -OCH3 is 1. The van der Waals surface area contributed by atoms with Crippen molar-refractivity contribution in [3.05, 3.63) is 90.3 Å². The Balaban J connectivity index is 1.53. The van der Waals surface area contributed by atoms with Gasteiger partial charge in [0, 0.05) is 42.5 Å². The number of fused-ring (bicyclic) bond motifs is 1. The number of halogens is 2. The lowest BCUT2D eigenvalue weighted by Gasteiger charge is -2.35. The highest BCUT2D eigenvalue weighted by atomic mass is 19.1. The number of aromatic nitrogens is 3. The van der Waals surface area contributed by atoms with E-state index in [1.165, 1.54) is 6.07 Å². The molecule has 226 valence electrons. The summed E-state index contributed by atoms with van der Waals surface area (Å²) in [4.78, 5) is 16.3. The van der Waals surface area contributed by atoms with E-state index >= 15 is 4.39 Å². The Kier molecular flexibility index (Phi) is 8.39. The van der Waals surface area contributed by atoms with Gasteiger partial charge in [0.05, 0.1) is 71.1 Å². The summed E-state index contributed by atoms with van der Waals surface area (Å²) in [6, 6.07) is 17.3. The lowest BCUT2D eigenvalue weighted by molar-refractivity contribution is 0.0276. The molecule has 1 saturated heterocycles.